The Morgan fingerprint density at radius 3 is 2.68 bits per heavy atom. The highest BCUT2D eigenvalue weighted by molar-refractivity contribution is 6.41. The standard InChI is InChI=1S/C14H14FNO3/c1-4-19-14(18)13(17)9-5-6-11-10(12(9)15)7-8(2)16(11)3/h5-7H,4H2,1-3H3. The fourth-order valence-electron chi connectivity index (χ4n) is 1.99. The van der Waals surface area contributed by atoms with Gasteiger partial charge in [0.25, 0.3) is 5.78 Å². The number of aromatic nitrogens is 1. The molecule has 1 heterocycles. The summed E-state index contributed by atoms with van der Waals surface area (Å²) in [6.45, 7) is 3.51. The summed E-state index contributed by atoms with van der Waals surface area (Å²) in [5.74, 6) is -2.67. The number of carbonyl (C=O) groups is 2. The predicted octanol–water partition coefficient (Wildman–Crippen LogP) is 2.37. The Kier molecular flexibility index (Phi) is 3.38. The Hall–Kier alpha value is -2.17. The molecule has 0 aliphatic rings. The molecule has 2 aromatic rings. The molecule has 19 heavy (non-hydrogen) atoms. The first-order valence-corrected chi connectivity index (χ1v) is 5.93. The van der Waals surface area contributed by atoms with Crippen LogP contribution in [-0.4, -0.2) is 22.9 Å². The third-order valence-electron chi connectivity index (χ3n) is 3.11. The third-order valence-corrected chi connectivity index (χ3v) is 3.11. The van der Waals surface area contributed by atoms with Gasteiger partial charge in [-0.3, -0.25) is 4.79 Å². The third kappa shape index (κ3) is 2.12. The molecule has 0 amide bonds. The van der Waals surface area contributed by atoms with Crippen molar-refractivity contribution >= 4 is 22.7 Å². The van der Waals surface area contributed by atoms with E-state index in [4.69, 9.17) is 0 Å². The molecule has 0 saturated carbocycles. The van der Waals surface area contributed by atoms with Gasteiger partial charge in [0.05, 0.1) is 17.7 Å². The molecule has 0 atom stereocenters. The van der Waals surface area contributed by atoms with E-state index in [1.807, 2.05) is 18.5 Å². The topological polar surface area (TPSA) is 48.3 Å². The van der Waals surface area contributed by atoms with Gasteiger partial charge < -0.3 is 9.30 Å². The summed E-state index contributed by atoms with van der Waals surface area (Å²) in [6, 6.07) is 4.58. The quantitative estimate of drug-likeness (QED) is 0.485. The minimum absolute atomic E-state index is 0.0822. The average Bonchev–Trinajstić information content (AvgIpc) is 2.67. The summed E-state index contributed by atoms with van der Waals surface area (Å²) in [5.41, 5.74) is 1.29. The van der Waals surface area contributed by atoms with Crippen LogP contribution >= 0.6 is 0 Å². The molecule has 2 rings (SSSR count). The van der Waals surface area contributed by atoms with E-state index in [-0.39, 0.29) is 12.2 Å². The lowest BCUT2D eigenvalue weighted by atomic mass is 10.1. The van der Waals surface area contributed by atoms with E-state index in [0.717, 1.165) is 5.69 Å². The Bertz CT molecular complexity index is 673. The lowest BCUT2D eigenvalue weighted by molar-refractivity contribution is -0.137. The summed E-state index contributed by atoms with van der Waals surface area (Å²) in [4.78, 5) is 23.1. The minimum Gasteiger partial charge on any atom is -0.460 e. The van der Waals surface area contributed by atoms with Crippen LogP contribution in [0.3, 0.4) is 0 Å². The Morgan fingerprint density at radius 2 is 2.05 bits per heavy atom. The van der Waals surface area contributed by atoms with Crippen molar-refractivity contribution in [2.45, 2.75) is 13.8 Å². The minimum atomic E-state index is -1.03. The summed E-state index contributed by atoms with van der Waals surface area (Å²) in [6.07, 6.45) is 0. The van der Waals surface area contributed by atoms with E-state index in [0.29, 0.717) is 10.9 Å². The van der Waals surface area contributed by atoms with Crippen LogP contribution in [0.2, 0.25) is 0 Å². The van der Waals surface area contributed by atoms with Gasteiger partial charge in [0.2, 0.25) is 0 Å². The fourth-order valence-corrected chi connectivity index (χ4v) is 1.99. The van der Waals surface area contributed by atoms with E-state index in [1.54, 1.807) is 19.1 Å². The van der Waals surface area contributed by atoms with Crippen LogP contribution in [0.25, 0.3) is 10.9 Å². The van der Waals surface area contributed by atoms with Gasteiger partial charge in [-0.2, -0.15) is 0 Å². The Balaban J connectivity index is 2.54. The summed E-state index contributed by atoms with van der Waals surface area (Å²) in [7, 11) is 1.81. The lowest BCUT2D eigenvalue weighted by Crippen LogP contribution is -2.18. The zero-order chi connectivity index (χ0) is 14.2. The van der Waals surface area contributed by atoms with Crippen LogP contribution in [-0.2, 0) is 16.6 Å². The second-order valence-corrected chi connectivity index (χ2v) is 4.25. The van der Waals surface area contributed by atoms with E-state index >= 15 is 0 Å². The Labute approximate surface area is 109 Å². The van der Waals surface area contributed by atoms with Crippen molar-refractivity contribution in [3.8, 4) is 0 Å². The van der Waals surface area contributed by atoms with Crippen molar-refractivity contribution in [3.63, 3.8) is 0 Å². The van der Waals surface area contributed by atoms with Crippen molar-refractivity contribution in [1.29, 1.82) is 0 Å². The van der Waals surface area contributed by atoms with Crippen LogP contribution in [0, 0.1) is 12.7 Å². The van der Waals surface area contributed by atoms with E-state index in [9.17, 15) is 14.0 Å². The molecule has 1 aromatic heterocycles. The average molecular weight is 263 g/mol. The number of rotatable bonds is 3. The molecule has 0 aliphatic heterocycles. The number of ketones is 1. The maximum atomic E-state index is 14.3. The summed E-state index contributed by atoms with van der Waals surface area (Å²) >= 11 is 0. The molecule has 4 nitrogen and oxygen atoms in total. The van der Waals surface area contributed by atoms with Gasteiger partial charge in [0.15, 0.2) is 0 Å². The number of hydrogen-bond donors (Lipinski definition) is 0. The zero-order valence-corrected chi connectivity index (χ0v) is 11.0. The van der Waals surface area contributed by atoms with Crippen LogP contribution in [0.4, 0.5) is 4.39 Å². The van der Waals surface area contributed by atoms with Gasteiger partial charge in [-0.05, 0) is 32.0 Å². The molecule has 0 radical (unpaired) electrons. The van der Waals surface area contributed by atoms with Crippen LogP contribution < -0.4 is 0 Å². The molecule has 0 saturated heterocycles. The second kappa shape index (κ2) is 4.84. The summed E-state index contributed by atoms with van der Waals surface area (Å²) in [5, 5.41) is 0.329. The fraction of sp³-hybridized carbons (Fsp3) is 0.286. The maximum absolute atomic E-state index is 14.3. The van der Waals surface area contributed by atoms with E-state index < -0.39 is 17.6 Å². The first kappa shape index (κ1) is 13.3. The highest BCUT2D eigenvalue weighted by atomic mass is 19.1. The van der Waals surface area contributed by atoms with Crippen LogP contribution in [0.1, 0.15) is 23.0 Å². The predicted molar refractivity (Wildman–Crippen MR) is 68.6 cm³/mol. The second-order valence-electron chi connectivity index (χ2n) is 4.25. The molecule has 1 aromatic carbocycles. The first-order chi connectivity index (χ1) is 8.97. The monoisotopic (exact) mass is 263 g/mol. The van der Waals surface area contributed by atoms with Crippen molar-refractivity contribution in [2.75, 3.05) is 6.61 Å². The van der Waals surface area contributed by atoms with Crippen molar-refractivity contribution in [2.24, 2.45) is 7.05 Å². The largest absolute Gasteiger partial charge is 0.460 e. The Morgan fingerprint density at radius 1 is 1.37 bits per heavy atom. The zero-order valence-electron chi connectivity index (χ0n) is 11.0. The van der Waals surface area contributed by atoms with Gasteiger partial charge in [0, 0.05) is 18.1 Å². The molecule has 0 fully saturated rings. The van der Waals surface area contributed by atoms with E-state index in [2.05, 4.69) is 4.74 Å². The number of ether oxygens (including phenoxy) is 1. The summed E-state index contributed by atoms with van der Waals surface area (Å²) < 4.78 is 20.7. The van der Waals surface area contributed by atoms with Gasteiger partial charge in [-0.1, -0.05) is 0 Å². The van der Waals surface area contributed by atoms with Crippen LogP contribution in [0.5, 0.6) is 0 Å². The molecule has 5 heteroatoms. The normalized spacial score (nSPS) is 10.7. The molecular formula is C14H14FNO3. The van der Waals surface area contributed by atoms with Crippen molar-refractivity contribution < 1.29 is 18.7 Å². The molecule has 0 N–H and O–H groups in total. The molecule has 0 unspecified atom stereocenters. The smallest absolute Gasteiger partial charge is 0.379 e. The number of esters is 1. The van der Waals surface area contributed by atoms with Crippen LogP contribution in [0.15, 0.2) is 18.2 Å². The highest BCUT2D eigenvalue weighted by Gasteiger charge is 2.23. The number of hydrogen-bond acceptors (Lipinski definition) is 3. The molecular weight excluding hydrogens is 249 g/mol. The van der Waals surface area contributed by atoms with Gasteiger partial charge in [-0.15, -0.1) is 0 Å². The lowest BCUT2D eigenvalue weighted by Gasteiger charge is -2.04. The molecule has 0 bridgehead atoms. The van der Waals surface area contributed by atoms with Crippen molar-refractivity contribution in [1.82, 2.24) is 4.57 Å². The SMILES string of the molecule is CCOC(=O)C(=O)c1ccc2c(cc(C)n2C)c1F. The number of aryl methyl sites for hydroxylation is 2. The number of nitrogens with zero attached hydrogens (tertiary/aromatic N) is 1. The number of benzene rings is 1. The molecule has 100 valence electrons. The van der Waals surface area contributed by atoms with Gasteiger partial charge >= 0.3 is 5.97 Å². The highest BCUT2D eigenvalue weighted by Crippen LogP contribution is 2.24. The van der Waals surface area contributed by atoms with E-state index in [1.165, 1.54) is 6.07 Å². The number of Topliss-reactive ketones (excluding diaryl/α,β-unsaturated/α-hetero) is 1. The number of fused-ring (bicyclic) bond motifs is 1. The van der Waals surface area contributed by atoms with Crippen molar-refractivity contribution in [3.05, 3.63) is 35.3 Å². The first-order valence-electron chi connectivity index (χ1n) is 5.93. The van der Waals surface area contributed by atoms with Gasteiger partial charge in [-0.25, -0.2) is 9.18 Å². The number of carbonyl (C=O) groups excluding carboxylic acids is 2. The maximum Gasteiger partial charge on any atom is 0.379 e. The number of halogens is 1. The molecule has 0 spiro atoms. The van der Waals surface area contributed by atoms with Gasteiger partial charge in [0.1, 0.15) is 5.82 Å². The molecule has 0 aliphatic carbocycles.